The lowest BCUT2D eigenvalue weighted by molar-refractivity contribution is -0.133. The van der Waals surface area contributed by atoms with Gasteiger partial charge in [-0.1, -0.05) is 17.7 Å². The maximum Gasteiger partial charge on any atom is 0.337 e. The number of anilines is 2. The third-order valence-corrected chi connectivity index (χ3v) is 6.60. The standard InChI is InChI=1S/C26H32N4O4/c1-19-5-7-20(8-6-19)25(32)27-23-10-9-21(17-22(23)26(33)34)29-15-13-28(14-16-29)18-24(31)30-11-3-2-4-12-30/h5-10,17H,2-4,11-16,18H2,1H3,(H,27,32)(H,33,34). The molecule has 2 aromatic carbocycles. The number of carboxylic acids is 1. The normalized spacial score (nSPS) is 16.9. The number of benzene rings is 2. The predicted octanol–water partition coefficient (Wildman–Crippen LogP) is 3.08. The van der Waals surface area contributed by atoms with Crippen LogP contribution in [0.1, 0.15) is 45.5 Å². The number of amides is 2. The minimum Gasteiger partial charge on any atom is -0.478 e. The molecular formula is C26H32N4O4. The average Bonchev–Trinajstić information content (AvgIpc) is 2.85. The molecule has 0 bridgehead atoms. The Hall–Kier alpha value is -3.39. The van der Waals surface area contributed by atoms with Crippen molar-refractivity contribution in [3.05, 3.63) is 59.2 Å². The molecule has 0 unspecified atom stereocenters. The fourth-order valence-corrected chi connectivity index (χ4v) is 4.51. The van der Waals surface area contributed by atoms with Crippen molar-refractivity contribution < 1.29 is 19.5 Å². The molecule has 4 rings (SSSR count). The second-order valence-electron chi connectivity index (χ2n) is 9.06. The summed E-state index contributed by atoms with van der Waals surface area (Å²) in [6.45, 7) is 7.02. The highest BCUT2D eigenvalue weighted by Gasteiger charge is 2.24. The molecule has 8 nitrogen and oxygen atoms in total. The van der Waals surface area contributed by atoms with Crippen LogP contribution in [-0.4, -0.2) is 78.5 Å². The van der Waals surface area contributed by atoms with Gasteiger partial charge in [0.15, 0.2) is 0 Å². The van der Waals surface area contributed by atoms with Crippen molar-refractivity contribution in [2.24, 2.45) is 0 Å². The third-order valence-electron chi connectivity index (χ3n) is 6.60. The van der Waals surface area contributed by atoms with Crippen molar-refractivity contribution in [3.8, 4) is 0 Å². The second-order valence-corrected chi connectivity index (χ2v) is 9.06. The van der Waals surface area contributed by atoms with Gasteiger partial charge in [0.1, 0.15) is 0 Å². The molecule has 0 aromatic heterocycles. The van der Waals surface area contributed by atoms with Crippen LogP contribution in [0.2, 0.25) is 0 Å². The summed E-state index contributed by atoms with van der Waals surface area (Å²) in [5.74, 6) is -1.23. The first-order chi connectivity index (χ1) is 16.4. The van der Waals surface area contributed by atoms with Gasteiger partial charge in [0.05, 0.1) is 17.8 Å². The summed E-state index contributed by atoms with van der Waals surface area (Å²) in [5, 5.41) is 12.5. The maximum absolute atomic E-state index is 12.6. The van der Waals surface area contributed by atoms with Crippen LogP contribution in [0.4, 0.5) is 11.4 Å². The van der Waals surface area contributed by atoms with Crippen molar-refractivity contribution in [2.75, 3.05) is 56.0 Å². The molecule has 0 spiro atoms. The smallest absolute Gasteiger partial charge is 0.337 e. The Morgan fingerprint density at radius 1 is 0.882 bits per heavy atom. The van der Waals surface area contributed by atoms with Gasteiger partial charge in [-0.05, 0) is 56.5 Å². The van der Waals surface area contributed by atoms with Crippen LogP contribution in [0.3, 0.4) is 0 Å². The van der Waals surface area contributed by atoms with E-state index in [1.807, 2.05) is 30.0 Å². The molecule has 34 heavy (non-hydrogen) atoms. The highest BCUT2D eigenvalue weighted by atomic mass is 16.4. The Morgan fingerprint density at radius 2 is 1.56 bits per heavy atom. The van der Waals surface area contributed by atoms with Gasteiger partial charge >= 0.3 is 5.97 Å². The van der Waals surface area contributed by atoms with Crippen molar-refractivity contribution in [1.82, 2.24) is 9.80 Å². The molecule has 2 aliphatic rings. The Balaban J connectivity index is 1.37. The van der Waals surface area contributed by atoms with Crippen LogP contribution in [-0.2, 0) is 4.79 Å². The number of nitrogens with zero attached hydrogens (tertiary/aromatic N) is 3. The molecule has 180 valence electrons. The third kappa shape index (κ3) is 5.75. The molecular weight excluding hydrogens is 432 g/mol. The lowest BCUT2D eigenvalue weighted by Gasteiger charge is -2.37. The van der Waals surface area contributed by atoms with E-state index in [9.17, 15) is 19.5 Å². The number of hydrogen-bond acceptors (Lipinski definition) is 5. The van der Waals surface area contributed by atoms with Gasteiger partial charge in [-0.3, -0.25) is 14.5 Å². The molecule has 2 N–H and O–H groups in total. The van der Waals surface area contributed by atoms with Crippen molar-refractivity contribution >= 4 is 29.2 Å². The summed E-state index contributed by atoms with van der Waals surface area (Å²) in [7, 11) is 0. The van der Waals surface area contributed by atoms with E-state index >= 15 is 0 Å². The highest BCUT2D eigenvalue weighted by molar-refractivity contribution is 6.08. The van der Waals surface area contributed by atoms with E-state index in [4.69, 9.17) is 0 Å². The van der Waals surface area contributed by atoms with Crippen LogP contribution < -0.4 is 10.2 Å². The van der Waals surface area contributed by atoms with Crippen molar-refractivity contribution in [3.63, 3.8) is 0 Å². The summed E-state index contributed by atoms with van der Waals surface area (Å²) >= 11 is 0. The minimum atomic E-state index is -1.09. The quantitative estimate of drug-likeness (QED) is 0.683. The number of rotatable bonds is 6. The minimum absolute atomic E-state index is 0.0562. The van der Waals surface area contributed by atoms with Crippen molar-refractivity contribution in [1.29, 1.82) is 0 Å². The molecule has 0 atom stereocenters. The molecule has 8 heteroatoms. The van der Waals surface area contributed by atoms with E-state index in [2.05, 4.69) is 15.1 Å². The molecule has 0 aliphatic carbocycles. The largest absolute Gasteiger partial charge is 0.478 e. The van der Waals surface area contributed by atoms with E-state index < -0.39 is 5.97 Å². The fraction of sp³-hybridized carbons (Fsp3) is 0.423. The number of carbonyl (C=O) groups is 3. The number of aromatic carboxylic acids is 1. The van der Waals surface area contributed by atoms with E-state index in [0.717, 1.165) is 50.3 Å². The molecule has 2 saturated heterocycles. The van der Waals surface area contributed by atoms with Gasteiger partial charge in [0.2, 0.25) is 5.91 Å². The lowest BCUT2D eigenvalue weighted by atomic mass is 10.1. The maximum atomic E-state index is 12.6. The molecule has 0 saturated carbocycles. The summed E-state index contributed by atoms with van der Waals surface area (Å²) in [6.07, 6.45) is 3.38. The molecule has 0 radical (unpaired) electrons. The number of aryl methyl sites for hydroxylation is 1. The Kier molecular flexibility index (Phi) is 7.47. The van der Waals surface area contributed by atoms with Crippen LogP contribution in [0.25, 0.3) is 0 Å². The van der Waals surface area contributed by atoms with Crippen LogP contribution >= 0.6 is 0 Å². The summed E-state index contributed by atoms with van der Waals surface area (Å²) in [5.41, 5.74) is 2.64. The Labute approximate surface area is 200 Å². The predicted molar refractivity (Wildman–Crippen MR) is 132 cm³/mol. The topological polar surface area (TPSA) is 93.2 Å². The molecule has 2 aromatic rings. The highest BCUT2D eigenvalue weighted by Crippen LogP contribution is 2.25. The number of hydrogen-bond donors (Lipinski definition) is 2. The summed E-state index contributed by atoms with van der Waals surface area (Å²) < 4.78 is 0. The number of nitrogens with one attached hydrogen (secondary N) is 1. The van der Waals surface area contributed by atoms with Crippen molar-refractivity contribution in [2.45, 2.75) is 26.2 Å². The number of piperazine rings is 1. The van der Waals surface area contributed by atoms with Gasteiger partial charge < -0.3 is 20.2 Å². The lowest BCUT2D eigenvalue weighted by Crippen LogP contribution is -2.50. The van der Waals surface area contributed by atoms with E-state index in [1.54, 1.807) is 24.3 Å². The molecule has 2 heterocycles. The monoisotopic (exact) mass is 464 g/mol. The van der Waals surface area contributed by atoms with Gasteiger partial charge in [-0.2, -0.15) is 0 Å². The van der Waals surface area contributed by atoms with E-state index in [1.165, 1.54) is 6.42 Å². The zero-order valence-electron chi connectivity index (χ0n) is 19.6. The Morgan fingerprint density at radius 3 is 2.21 bits per heavy atom. The zero-order chi connectivity index (χ0) is 24.1. The van der Waals surface area contributed by atoms with Gasteiger partial charge in [0, 0.05) is 50.5 Å². The Bertz CT molecular complexity index is 1040. The van der Waals surface area contributed by atoms with Gasteiger partial charge in [0.25, 0.3) is 5.91 Å². The summed E-state index contributed by atoms with van der Waals surface area (Å²) in [4.78, 5) is 43.3. The molecule has 2 aliphatic heterocycles. The zero-order valence-corrected chi connectivity index (χ0v) is 19.6. The van der Waals surface area contributed by atoms with E-state index in [-0.39, 0.29) is 23.1 Å². The number of carbonyl (C=O) groups excluding carboxylic acids is 2. The van der Waals surface area contributed by atoms with E-state index in [0.29, 0.717) is 25.2 Å². The molecule has 2 amide bonds. The second kappa shape index (κ2) is 10.7. The van der Waals surface area contributed by atoms with Gasteiger partial charge in [-0.25, -0.2) is 4.79 Å². The first-order valence-electron chi connectivity index (χ1n) is 11.9. The number of piperidine rings is 1. The summed E-state index contributed by atoms with van der Waals surface area (Å²) in [6, 6.07) is 12.2. The van der Waals surface area contributed by atoms with Crippen LogP contribution in [0, 0.1) is 6.92 Å². The van der Waals surface area contributed by atoms with Crippen LogP contribution in [0.5, 0.6) is 0 Å². The molecule has 2 fully saturated rings. The average molecular weight is 465 g/mol. The SMILES string of the molecule is Cc1ccc(C(=O)Nc2ccc(N3CCN(CC(=O)N4CCCCC4)CC3)cc2C(=O)O)cc1. The number of likely N-dealkylation sites (tertiary alicyclic amines) is 1. The fourth-order valence-electron chi connectivity index (χ4n) is 4.51. The van der Waals surface area contributed by atoms with Gasteiger partial charge in [-0.15, -0.1) is 0 Å². The number of carboxylic acid groups (broad SMARTS) is 1. The van der Waals surface area contributed by atoms with Crippen LogP contribution in [0.15, 0.2) is 42.5 Å². The first kappa shape index (κ1) is 23.8. The first-order valence-corrected chi connectivity index (χ1v) is 11.9.